The minimum atomic E-state index is -0.455. The van der Waals surface area contributed by atoms with Crippen LogP contribution in [-0.2, 0) is 17.7 Å². The number of ether oxygens (including phenoxy) is 1. The highest BCUT2D eigenvalue weighted by Gasteiger charge is 2.31. The fourth-order valence-corrected chi connectivity index (χ4v) is 4.11. The third-order valence-corrected chi connectivity index (χ3v) is 5.96. The molecule has 9 heteroatoms. The number of urea groups is 1. The molecule has 2 aromatic carbocycles. The lowest BCUT2D eigenvalue weighted by molar-refractivity contribution is -0.0905. The summed E-state index contributed by atoms with van der Waals surface area (Å²) in [6, 6.07) is 16.5. The number of aliphatic hydroxyl groups excluding tert-OH is 1. The number of nitrogens with one attached hydrogen (secondary N) is 2. The van der Waals surface area contributed by atoms with Crippen molar-refractivity contribution in [1.29, 1.82) is 0 Å². The lowest BCUT2D eigenvalue weighted by Crippen LogP contribution is -2.52. The van der Waals surface area contributed by atoms with Crippen LogP contribution >= 0.6 is 11.6 Å². The fraction of sp³-hybridized carbons (Fsp3) is 0.375. The van der Waals surface area contributed by atoms with Gasteiger partial charge in [-0.3, -0.25) is 4.68 Å². The number of carbonyl (C=O) groups excluding carboxylic acids is 1. The molecule has 1 aliphatic rings. The van der Waals surface area contributed by atoms with Gasteiger partial charge in [0.1, 0.15) is 6.10 Å². The second-order valence-electron chi connectivity index (χ2n) is 8.19. The average molecular weight is 470 g/mol. The lowest BCUT2D eigenvalue weighted by Gasteiger charge is -2.36. The number of aromatic nitrogens is 3. The van der Waals surface area contributed by atoms with Gasteiger partial charge in [0.05, 0.1) is 24.4 Å². The molecule has 1 saturated heterocycles. The number of hydrogen-bond acceptors (Lipinski definition) is 5. The third-order valence-electron chi connectivity index (χ3n) is 5.71. The van der Waals surface area contributed by atoms with E-state index in [4.69, 9.17) is 16.3 Å². The third kappa shape index (κ3) is 6.77. The molecule has 1 aromatic heterocycles. The Morgan fingerprint density at radius 2 is 1.94 bits per heavy atom. The van der Waals surface area contributed by atoms with Crippen molar-refractivity contribution in [3.63, 3.8) is 0 Å². The summed E-state index contributed by atoms with van der Waals surface area (Å²) in [5.41, 5.74) is 2.77. The summed E-state index contributed by atoms with van der Waals surface area (Å²) in [4.78, 5) is 12.3. The molecular weight excluding hydrogens is 442 g/mol. The lowest BCUT2D eigenvalue weighted by atomic mass is 9.97. The molecule has 174 valence electrons. The molecule has 2 heterocycles. The van der Waals surface area contributed by atoms with Gasteiger partial charge in [0.25, 0.3) is 0 Å². The summed E-state index contributed by atoms with van der Waals surface area (Å²) >= 11 is 5.87. The van der Waals surface area contributed by atoms with E-state index in [2.05, 4.69) is 33.1 Å². The minimum Gasteiger partial charge on any atom is -0.394 e. The molecule has 2 amide bonds. The molecule has 4 rings (SSSR count). The van der Waals surface area contributed by atoms with Crippen molar-refractivity contribution in [1.82, 2.24) is 20.3 Å². The largest absolute Gasteiger partial charge is 0.394 e. The number of hydrogen-bond donors (Lipinski definition) is 3. The molecule has 33 heavy (non-hydrogen) atoms. The molecule has 0 saturated carbocycles. The van der Waals surface area contributed by atoms with E-state index in [-0.39, 0.29) is 24.8 Å². The first-order valence-electron chi connectivity index (χ1n) is 11.1. The maximum atomic E-state index is 12.3. The maximum absolute atomic E-state index is 12.3. The van der Waals surface area contributed by atoms with Crippen LogP contribution in [0.1, 0.15) is 30.5 Å². The maximum Gasteiger partial charge on any atom is 0.319 e. The zero-order valence-corrected chi connectivity index (χ0v) is 19.0. The Morgan fingerprint density at radius 3 is 2.70 bits per heavy atom. The Morgan fingerprint density at radius 1 is 1.15 bits per heavy atom. The quantitative estimate of drug-likeness (QED) is 0.467. The first kappa shape index (κ1) is 23.2. The van der Waals surface area contributed by atoms with Gasteiger partial charge in [0.2, 0.25) is 0 Å². The summed E-state index contributed by atoms with van der Waals surface area (Å²) in [6.07, 6.45) is 4.51. The predicted octanol–water partition coefficient (Wildman–Crippen LogP) is 3.64. The summed E-state index contributed by atoms with van der Waals surface area (Å²) in [6.45, 7) is 0.521. The second kappa shape index (κ2) is 11.3. The number of aliphatic hydroxyl groups is 1. The van der Waals surface area contributed by atoms with Crippen LogP contribution in [0.25, 0.3) is 0 Å². The standard InChI is InChI=1S/C24H28ClN5O3/c25-18-6-8-19(9-7-18)26-24(32)27-22-11-10-21(33-23(22)16-31)12-13-30-15-20(28-29-30)14-17-4-2-1-3-5-17/h1-9,15,21-23,31H,10-14,16H2,(H2,26,27,32)/t21-,22-,23-/m1/s1. The summed E-state index contributed by atoms with van der Waals surface area (Å²) in [5.74, 6) is 0. The number of anilines is 1. The van der Waals surface area contributed by atoms with Crippen molar-refractivity contribution in [2.75, 3.05) is 11.9 Å². The van der Waals surface area contributed by atoms with Crippen molar-refractivity contribution in [2.45, 2.75) is 50.5 Å². The molecule has 1 aliphatic heterocycles. The number of carbonyl (C=O) groups is 1. The van der Waals surface area contributed by atoms with Crippen LogP contribution in [-0.4, -0.2) is 51.0 Å². The van der Waals surface area contributed by atoms with Gasteiger partial charge in [-0.2, -0.15) is 0 Å². The van der Waals surface area contributed by atoms with Crippen LogP contribution < -0.4 is 10.6 Å². The van der Waals surface area contributed by atoms with E-state index >= 15 is 0 Å². The van der Waals surface area contributed by atoms with Gasteiger partial charge in [-0.25, -0.2) is 4.79 Å². The summed E-state index contributed by atoms with van der Waals surface area (Å²) in [7, 11) is 0. The Kier molecular flexibility index (Phi) is 7.93. The van der Waals surface area contributed by atoms with E-state index < -0.39 is 6.10 Å². The van der Waals surface area contributed by atoms with Gasteiger partial charge in [-0.1, -0.05) is 47.1 Å². The first-order valence-corrected chi connectivity index (χ1v) is 11.5. The molecule has 0 unspecified atom stereocenters. The number of nitrogens with zero attached hydrogens (tertiary/aromatic N) is 3. The van der Waals surface area contributed by atoms with Crippen molar-refractivity contribution >= 4 is 23.3 Å². The molecule has 3 aromatic rings. The van der Waals surface area contributed by atoms with E-state index in [0.717, 1.165) is 31.4 Å². The van der Waals surface area contributed by atoms with Crippen LogP contribution in [0.15, 0.2) is 60.8 Å². The van der Waals surface area contributed by atoms with Gasteiger partial charge in [0, 0.05) is 29.9 Å². The van der Waals surface area contributed by atoms with E-state index in [9.17, 15) is 9.90 Å². The van der Waals surface area contributed by atoms with E-state index in [0.29, 0.717) is 17.3 Å². The number of rotatable bonds is 8. The van der Waals surface area contributed by atoms with E-state index in [1.54, 1.807) is 24.3 Å². The minimum absolute atomic E-state index is 0.0127. The normalized spacial score (nSPS) is 20.4. The second-order valence-corrected chi connectivity index (χ2v) is 8.63. The highest BCUT2D eigenvalue weighted by Crippen LogP contribution is 2.23. The first-order chi connectivity index (χ1) is 16.1. The van der Waals surface area contributed by atoms with Crippen molar-refractivity contribution < 1.29 is 14.6 Å². The molecule has 0 radical (unpaired) electrons. The van der Waals surface area contributed by atoms with Crippen LogP contribution in [0.3, 0.4) is 0 Å². The smallest absolute Gasteiger partial charge is 0.319 e. The number of aryl methyl sites for hydroxylation is 1. The molecule has 0 aliphatic carbocycles. The monoisotopic (exact) mass is 469 g/mol. The molecule has 3 N–H and O–H groups in total. The van der Waals surface area contributed by atoms with E-state index in [1.807, 2.05) is 29.1 Å². The van der Waals surface area contributed by atoms with Gasteiger partial charge < -0.3 is 20.5 Å². The Hall–Kier alpha value is -2.94. The average Bonchev–Trinajstić information content (AvgIpc) is 3.27. The number of halogens is 1. The van der Waals surface area contributed by atoms with Crippen molar-refractivity contribution in [3.05, 3.63) is 77.1 Å². The zero-order valence-electron chi connectivity index (χ0n) is 18.2. The molecule has 3 atom stereocenters. The number of benzene rings is 2. The van der Waals surface area contributed by atoms with Crippen LogP contribution in [0.4, 0.5) is 10.5 Å². The van der Waals surface area contributed by atoms with E-state index in [1.165, 1.54) is 5.56 Å². The van der Waals surface area contributed by atoms with Crippen molar-refractivity contribution in [3.8, 4) is 0 Å². The topological polar surface area (TPSA) is 101 Å². The zero-order chi connectivity index (χ0) is 23.0. The Bertz CT molecular complexity index is 1030. The molecular formula is C24H28ClN5O3. The van der Waals surface area contributed by atoms with Gasteiger partial charge in [-0.05, 0) is 49.1 Å². The molecule has 8 nitrogen and oxygen atoms in total. The SMILES string of the molecule is O=C(Nc1ccc(Cl)cc1)N[C@@H]1CC[C@H](CCn2cc(Cc3ccccc3)nn2)O[C@@H]1CO. The number of amides is 2. The highest BCUT2D eigenvalue weighted by molar-refractivity contribution is 6.30. The van der Waals surface area contributed by atoms with Crippen LogP contribution in [0.2, 0.25) is 5.02 Å². The highest BCUT2D eigenvalue weighted by atomic mass is 35.5. The van der Waals surface area contributed by atoms with Gasteiger partial charge in [-0.15, -0.1) is 5.10 Å². The van der Waals surface area contributed by atoms with Crippen molar-refractivity contribution in [2.24, 2.45) is 0 Å². The van der Waals surface area contributed by atoms with Crippen LogP contribution in [0.5, 0.6) is 0 Å². The van der Waals surface area contributed by atoms with Gasteiger partial charge in [0.15, 0.2) is 0 Å². The predicted molar refractivity (Wildman–Crippen MR) is 126 cm³/mol. The Balaban J connectivity index is 1.23. The fourth-order valence-electron chi connectivity index (χ4n) is 3.99. The molecule has 0 bridgehead atoms. The summed E-state index contributed by atoms with van der Waals surface area (Å²) < 4.78 is 7.90. The summed E-state index contributed by atoms with van der Waals surface area (Å²) in [5, 5.41) is 24.6. The Labute approximate surface area is 197 Å². The molecule has 0 spiro atoms. The molecule has 1 fully saturated rings. The van der Waals surface area contributed by atoms with Crippen LogP contribution in [0, 0.1) is 0 Å². The van der Waals surface area contributed by atoms with Gasteiger partial charge >= 0.3 is 6.03 Å².